The molecule has 2 aromatic rings. The summed E-state index contributed by atoms with van der Waals surface area (Å²) in [5.74, 6) is -1.83. The van der Waals surface area contributed by atoms with Gasteiger partial charge >= 0.3 is 0 Å². The Morgan fingerprint density at radius 1 is 1.44 bits per heavy atom. The van der Waals surface area contributed by atoms with Crippen molar-refractivity contribution in [1.29, 1.82) is 0 Å². The van der Waals surface area contributed by atoms with E-state index in [9.17, 15) is 14.3 Å². The van der Waals surface area contributed by atoms with Crippen molar-refractivity contribution in [1.82, 2.24) is 4.98 Å². The van der Waals surface area contributed by atoms with Gasteiger partial charge in [0.05, 0.1) is 18.6 Å². The number of rotatable bonds is 2. The molecule has 0 atom stereocenters. The van der Waals surface area contributed by atoms with E-state index < -0.39 is 11.8 Å². The second-order valence-corrected chi connectivity index (χ2v) is 3.19. The van der Waals surface area contributed by atoms with E-state index in [1.165, 1.54) is 25.3 Å². The predicted octanol–water partition coefficient (Wildman–Crippen LogP) is 0.746. The van der Waals surface area contributed by atoms with Crippen LogP contribution in [0.25, 0.3) is 10.9 Å². The Kier molecular flexibility index (Phi) is 2.44. The number of nitrogens with zero attached hydrogens (tertiary/aromatic N) is 1. The molecule has 0 unspecified atom stereocenters. The number of hydrogen-bond donors (Lipinski definition) is 0. The molecular weight excluding hydrogens is 213 g/mol. The molecule has 0 aliphatic rings. The van der Waals surface area contributed by atoms with E-state index in [1.807, 2.05) is 0 Å². The lowest BCUT2D eigenvalue weighted by atomic mass is 10.1. The first-order chi connectivity index (χ1) is 7.61. The molecule has 0 N–H and O–H groups in total. The number of methoxy groups -OCH3 is 1. The number of hydrogen-bond acceptors (Lipinski definition) is 4. The number of carboxylic acids is 1. The van der Waals surface area contributed by atoms with Crippen LogP contribution in [-0.4, -0.2) is 18.1 Å². The number of aromatic carboxylic acids is 1. The molecule has 16 heavy (non-hydrogen) atoms. The third-order valence-corrected chi connectivity index (χ3v) is 2.19. The largest absolute Gasteiger partial charge is 0.545 e. The standard InChI is InChI=1S/C11H8FNO3/c1-16-10-4-9-6(3-8(10)12)2-7(5-13-9)11(14)15/h2-5H,1H3,(H,14,15)/p-1. The fraction of sp³-hybridized carbons (Fsp3) is 0.0909. The molecule has 0 saturated heterocycles. The molecule has 0 spiro atoms. The maximum Gasteiger partial charge on any atom is 0.165 e. The highest BCUT2D eigenvalue weighted by Gasteiger charge is 2.06. The van der Waals surface area contributed by atoms with E-state index in [1.54, 1.807) is 0 Å². The summed E-state index contributed by atoms with van der Waals surface area (Å²) in [5, 5.41) is 11.0. The number of carbonyl (C=O) groups is 1. The number of aromatic nitrogens is 1. The Morgan fingerprint density at radius 3 is 2.81 bits per heavy atom. The fourth-order valence-electron chi connectivity index (χ4n) is 1.40. The first-order valence-electron chi connectivity index (χ1n) is 4.46. The summed E-state index contributed by atoms with van der Waals surface area (Å²) in [4.78, 5) is 14.5. The molecule has 0 bridgehead atoms. The molecule has 0 radical (unpaired) electrons. The van der Waals surface area contributed by atoms with Crippen LogP contribution >= 0.6 is 0 Å². The Balaban J connectivity index is 2.66. The third-order valence-electron chi connectivity index (χ3n) is 2.19. The minimum atomic E-state index is -1.34. The molecular formula is C11H7FNO3-. The van der Waals surface area contributed by atoms with Crippen molar-refractivity contribution in [3.05, 3.63) is 35.8 Å². The van der Waals surface area contributed by atoms with Crippen LogP contribution in [0.2, 0.25) is 0 Å². The van der Waals surface area contributed by atoms with Gasteiger partial charge in [0.15, 0.2) is 11.6 Å². The highest BCUT2D eigenvalue weighted by Crippen LogP contribution is 2.23. The molecule has 0 saturated carbocycles. The molecule has 4 nitrogen and oxygen atoms in total. The Bertz CT molecular complexity index is 568. The SMILES string of the molecule is COc1cc2ncc(C(=O)[O-])cc2cc1F. The van der Waals surface area contributed by atoms with Gasteiger partial charge in [-0.1, -0.05) is 0 Å². The van der Waals surface area contributed by atoms with Crippen LogP contribution in [0.1, 0.15) is 10.4 Å². The van der Waals surface area contributed by atoms with Gasteiger partial charge in [0, 0.05) is 23.2 Å². The number of carbonyl (C=O) groups excluding carboxylic acids is 1. The first-order valence-corrected chi connectivity index (χ1v) is 4.46. The van der Waals surface area contributed by atoms with Gasteiger partial charge < -0.3 is 14.6 Å². The average molecular weight is 220 g/mol. The second kappa shape index (κ2) is 3.77. The lowest BCUT2D eigenvalue weighted by molar-refractivity contribution is -0.255. The van der Waals surface area contributed by atoms with Crippen molar-refractivity contribution >= 4 is 16.9 Å². The third kappa shape index (κ3) is 1.67. The molecule has 2 rings (SSSR count). The zero-order chi connectivity index (χ0) is 11.7. The molecule has 1 aromatic carbocycles. The maximum atomic E-state index is 13.3. The Morgan fingerprint density at radius 2 is 2.19 bits per heavy atom. The van der Waals surface area contributed by atoms with Crippen molar-refractivity contribution in [2.24, 2.45) is 0 Å². The van der Waals surface area contributed by atoms with Crippen LogP contribution in [0, 0.1) is 5.82 Å². The summed E-state index contributed by atoms with van der Waals surface area (Å²) in [5.41, 5.74) is 0.375. The van der Waals surface area contributed by atoms with Crippen molar-refractivity contribution in [3.8, 4) is 5.75 Å². The highest BCUT2D eigenvalue weighted by molar-refractivity contribution is 5.91. The number of benzene rings is 1. The summed E-state index contributed by atoms with van der Waals surface area (Å²) >= 11 is 0. The minimum Gasteiger partial charge on any atom is -0.545 e. The number of ether oxygens (including phenoxy) is 1. The topological polar surface area (TPSA) is 62.2 Å². The van der Waals surface area contributed by atoms with E-state index in [0.29, 0.717) is 10.9 Å². The number of pyridine rings is 1. The van der Waals surface area contributed by atoms with Gasteiger partial charge in [0.1, 0.15) is 0 Å². The van der Waals surface area contributed by atoms with Crippen LogP contribution < -0.4 is 9.84 Å². The van der Waals surface area contributed by atoms with Crippen LogP contribution in [0.5, 0.6) is 5.75 Å². The molecule has 1 heterocycles. The molecule has 0 aliphatic carbocycles. The fourth-order valence-corrected chi connectivity index (χ4v) is 1.40. The predicted molar refractivity (Wildman–Crippen MR) is 52.6 cm³/mol. The summed E-state index contributed by atoms with van der Waals surface area (Å²) in [6.45, 7) is 0. The highest BCUT2D eigenvalue weighted by atomic mass is 19.1. The van der Waals surface area contributed by atoms with E-state index in [0.717, 1.165) is 6.20 Å². The zero-order valence-corrected chi connectivity index (χ0v) is 8.36. The van der Waals surface area contributed by atoms with Crippen molar-refractivity contribution in [2.75, 3.05) is 7.11 Å². The van der Waals surface area contributed by atoms with Crippen LogP contribution in [0.3, 0.4) is 0 Å². The van der Waals surface area contributed by atoms with E-state index in [2.05, 4.69) is 4.98 Å². The maximum absolute atomic E-state index is 13.3. The van der Waals surface area contributed by atoms with Gasteiger partial charge in [-0.25, -0.2) is 4.39 Å². The lowest BCUT2D eigenvalue weighted by Crippen LogP contribution is -2.22. The van der Waals surface area contributed by atoms with Crippen LogP contribution in [0.4, 0.5) is 4.39 Å². The van der Waals surface area contributed by atoms with Gasteiger partial charge in [-0.3, -0.25) is 4.98 Å². The van der Waals surface area contributed by atoms with Crippen LogP contribution in [-0.2, 0) is 0 Å². The molecule has 5 heteroatoms. The molecule has 1 aromatic heterocycles. The lowest BCUT2D eigenvalue weighted by Gasteiger charge is -2.06. The average Bonchev–Trinajstić information content (AvgIpc) is 2.27. The monoisotopic (exact) mass is 220 g/mol. The summed E-state index contributed by atoms with van der Waals surface area (Å²) in [7, 11) is 1.35. The number of fused-ring (bicyclic) bond motifs is 1. The summed E-state index contributed by atoms with van der Waals surface area (Å²) in [6.07, 6.45) is 1.16. The molecule has 0 fully saturated rings. The smallest absolute Gasteiger partial charge is 0.165 e. The van der Waals surface area contributed by atoms with E-state index >= 15 is 0 Å². The summed E-state index contributed by atoms with van der Waals surface area (Å²) in [6, 6.07) is 3.89. The van der Waals surface area contributed by atoms with E-state index in [4.69, 9.17) is 4.74 Å². The van der Waals surface area contributed by atoms with Gasteiger partial charge in [-0.2, -0.15) is 0 Å². The van der Waals surface area contributed by atoms with Gasteiger partial charge in [0.2, 0.25) is 0 Å². The van der Waals surface area contributed by atoms with Gasteiger partial charge in [0.25, 0.3) is 0 Å². The molecule has 82 valence electrons. The van der Waals surface area contributed by atoms with E-state index in [-0.39, 0.29) is 11.3 Å². The van der Waals surface area contributed by atoms with Gasteiger partial charge in [-0.05, 0) is 12.1 Å². The first kappa shape index (κ1) is 10.4. The molecule has 0 amide bonds. The zero-order valence-electron chi connectivity index (χ0n) is 8.36. The number of carboxylic acid groups (broad SMARTS) is 1. The van der Waals surface area contributed by atoms with Crippen molar-refractivity contribution < 1.29 is 19.0 Å². The van der Waals surface area contributed by atoms with Crippen LogP contribution in [0.15, 0.2) is 24.4 Å². The Hall–Kier alpha value is -2.17. The van der Waals surface area contributed by atoms with Gasteiger partial charge in [-0.15, -0.1) is 0 Å². The van der Waals surface area contributed by atoms with Crippen molar-refractivity contribution in [2.45, 2.75) is 0 Å². The second-order valence-electron chi connectivity index (χ2n) is 3.19. The molecule has 0 aliphatic heterocycles. The quantitative estimate of drug-likeness (QED) is 0.749. The Labute approximate surface area is 90.3 Å². The number of halogens is 1. The minimum absolute atomic E-state index is 0.0706. The normalized spacial score (nSPS) is 10.4. The summed E-state index contributed by atoms with van der Waals surface area (Å²) < 4.78 is 18.1. The van der Waals surface area contributed by atoms with Crippen molar-refractivity contribution in [3.63, 3.8) is 0 Å².